The monoisotopic (exact) mass is 390 g/mol. The fraction of sp³-hybridized carbons (Fsp3) is 0.389. The summed E-state index contributed by atoms with van der Waals surface area (Å²) in [5, 5.41) is 0. The summed E-state index contributed by atoms with van der Waals surface area (Å²) in [6.07, 6.45) is 4.55. The number of piperazine rings is 1. The van der Waals surface area contributed by atoms with Crippen molar-refractivity contribution in [1.29, 1.82) is 0 Å². The SMILES string of the molecule is COC(=O)c1cc(S(C)(=O)=O)c(N2CCN(c3ncccn3)CC2)cc1C. The second kappa shape index (κ2) is 7.51. The number of carbonyl (C=O) groups excluding carboxylic acids is 1. The molecule has 27 heavy (non-hydrogen) atoms. The molecule has 0 atom stereocenters. The molecule has 0 spiro atoms. The van der Waals surface area contributed by atoms with E-state index in [9.17, 15) is 13.2 Å². The molecular weight excluding hydrogens is 368 g/mol. The van der Waals surface area contributed by atoms with E-state index < -0.39 is 15.8 Å². The van der Waals surface area contributed by atoms with Crippen LogP contribution in [0.2, 0.25) is 0 Å². The van der Waals surface area contributed by atoms with Gasteiger partial charge in [-0.25, -0.2) is 23.2 Å². The van der Waals surface area contributed by atoms with Crippen LogP contribution in [0.15, 0.2) is 35.5 Å². The number of aryl methyl sites for hydroxylation is 1. The number of esters is 1. The molecule has 8 nitrogen and oxygen atoms in total. The van der Waals surface area contributed by atoms with Gasteiger partial charge in [0.1, 0.15) is 0 Å². The highest BCUT2D eigenvalue weighted by molar-refractivity contribution is 7.90. The first-order valence-electron chi connectivity index (χ1n) is 8.51. The van der Waals surface area contributed by atoms with Crippen LogP contribution in [0.5, 0.6) is 0 Å². The Morgan fingerprint density at radius 1 is 1.07 bits per heavy atom. The van der Waals surface area contributed by atoms with Crippen LogP contribution in [-0.2, 0) is 14.6 Å². The van der Waals surface area contributed by atoms with Gasteiger partial charge in [0.2, 0.25) is 5.95 Å². The maximum Gasteiger partial charge on any atom is 0.338 e. The fourth-order valence-electron chi connectivity index (χ4n) is 3.15. The number of aromatic nitrogens is 2. The van der Waals surface area contributed by atoms with Crippen LogP contribution in [0, 0.1) is 6.92 Å². The number of hydrogen-bond acceptors (Lipinski definition) is 8. The van der Waals surface area contributed by atoms with Gasteiger partial charge < -0.3 is 14.5 Å². The van der Waals surface area contributed by atoms with Crippen molar-refractivity contribution in [1.82, 2.24) is 9.97 Å². The van der Waals surface area contributed by atoms with Crippen molar-refractivity contribution in [3.8, 4) is 0 Å². The first kappa shape index (κ1) is 19.1. The zero-order valence-corrected chi connectivity index (χ0v) is 16.4. The molecule has 9 heteroatoms. The number of nitrogens with zero attached hydrogens (tertiary/aromatic N) is 4. The van der Waals surface area contributed by atoms with Crippen molar-refractivity contribution in [2.24, 2.45) is 0 Å². The smallest absolute Gasteiger partial charge is 0.338 e. The molecule has 1 saturated heterocycles. The normalized spacial score (nSPS) is 14.9. The predicted molar refractivity (Wildman–Crippen MR) is 102 cm³/mol. The minimum atomic E-state index is -3.52. The molecule has 0 saturated carbocycles. The van der Waals surface area contributed by atoms with Gasteiger partial charge >= 0.3 is 5.97 Å². The number of rotatable bonds is 4. The molecule has 1 fully saturated rings. The van der Waals surface area contributed by atoms with Crippen molar-refractivity contribution in [2.75, 3.05) is 49.3 Å². The third-order valence-corrected chi connectivity index (χ3v) is 5.69. The van der Waals surface area contributed by atoms with Crippen LogP contribution in [0.3, 0.4) is 0 Å². The standard InChI is InChI=1S/C18H22N4O4S/c1-13-11-15(16(27(3,24)25)12-14(13)17(23)26-2)21-7-9-22(10-8-21)18-19-5-4-6-20-18/h4-6,11-12H,7-10H2,1-3H3. The van der Waals surface area contributed by atoms with Crippen LogP contribution in [0.25, 0.3) is 0 Å². The quantitative estimate of drug-likeness (QED) is 0.722. The molecule has 144 valence electrons. The molecule has 3 rings (SSSR count). The van der Waals surface area contributed by atoms with Gasteiger partial charge in [0, 0.05) is 44.8 Å². The Morgan fingerprint density at radius 3 is 2.22 bits per heavy atom. The zero-order valence-electron chi connectivity index (χ0n) is 15.5. The van der Waals surface area contributed by atoms with E-state index in [1.54, 1.807) is 31.5 Å². The minimum Gasteiger partial charge on any atom is -0.465 e. The highest BCUT2D eigenvalue weighted by Gasteiger charge is 2.26. The Bertz CT molecular complexity index is 939. The molecule has 2 heterocycles. The summed E-state index contributed by atoms with van der Waals surface area (Å²) >= 11 is 0. The van der Waals surface area contributed by atoms with Crippen molar-refractivity contribution in [2.45, 2.75) is 11.8 Å². The Labute approximate surface area is 158 Å². The number of sulfone groups is 1. The van der Waals surface area contributed by atoms with Gasteiger partial charge in [0.05, 0.1) is 23.3 Å². The topological polar surface area (TPSA) is 92.7 Å². The first-order chi connectivity index (χ1) is 12.8. The number of benzene rings is 1. The van der Waals surface area contributed by atoms with E-state index in [0.717, 1.165) is 6.26 Å². The zero-order chi connectivity index (χ0) is 19.6. The third kappa shape index (κ3) is 4.02. The highest BCUT2D eigenvalue weighted by Crippen LogP contribution is 2.30. The summed E-state index contributed by atoms with van der Waals surface area (Å²) in [7, 11) is -2.24. The molecule has 0 N–H and O–H groups in total. The van der Waals surface area contributed by atoms with Crippen LogP contribution < -0.4 is 9.80 Å². The molecule has 1 aromatic heterocycles. The van der Waals surface area contributed by atoms with Gasteiger partial charge in [-0.05, 0) is 30.7 Å². The third-order valence-electron chi connectivity index (χ3n) is 4.57. The number of hydrogen-bond donors (Lipinski definition) is 0. The van der Waals surface area contributed by atoms with Gasteiger partial charge in [-0.1, -0.05) is 0 Å². The maximum atomic E-state index is 12.3. The molecule has 0 aliphatic carbocycles. The van der Waals surface area contributed by atoms with E-state index in [-0.39, 0.29) is 10.5 Å². The van der Waals surface area contributed by atoms with Gasteiger partial charge in [0.25, 0.3) is 0 Å². The van der Waals surface area contributed by atoms with Crippen LogP contribution in [0.1, 0.15) is 15.9 Å². The Kier molecular flexibility index (Phi) is 5.31. The Balaban J connectivity index is 1.91. The number of ether oxygens (including phenoxy) is 1. The predicted octanol–water partition coefficient (Wildman–Crippen LogP) is 1.30. The second-order valence-electron chi connectivity index (χ2n) is 6.42. The number of anilines is 2. The molecule has 0 radical (unpaired) electrons. The summed E-state index contributed by atoms with van der Waals surface area (Å²) in [5.41, 5.74) is 1.55. The molecule has 0 unspecified atom stereocenters. The molecule has 1 aliphatic heterocycles. The number of carbonyl (C=O) groups is 1. The van der Waals surface area contributed by atoms with Gasteiger partial charge in [-0.3, -0.25) is 0 Å². The second-order valence-corrected chi connectivity index (χ2v) is 8.41. The molecule has 0 amide bonds. The molecule has 2 aromatic rings. The van der Waals surface area contributed by atoms with Crippen molar-refractivity contribution >= 4 is 27.4 Å². The van der Waals surface area contributed by atoms with Gasteiger partial charge in [-0.2, -0.15) is 0 Å². The summed E-state index contributed by atoms with van der Waals surface area (Å²) < 4.78 is 29.5. The highest BCUT2D eigenvalue weighted by atomic mass is 32.2. The van der Waals surface area contributed by atoms with E-state index in [0.29, 0.717) is 43.4 Å². The van der Waals surface area contributed by atoms with E-state index in [2.05, 4.69) is 14.9 Å². The average molecular weight is 390 g/mol. The maximum absolute atomic E-state index is 12.3. The van der Waals surface area contributed by atoms with Crippen molar-refractivity contribution < 1.29 is 17.9 Å². The molecule has 1 aromatic carbocycles. The lowest BCUT2D eigenvalue weighted by Crippen LogP contribution is -2.47. The minimum absolute atomic E-state index is 0.137. The molecule has 1 aliphatic rings. The van der Waals surface area contributed by atoms with Crippen LogP contribution >= 0.6 is 0 Å². The van der Waals surface area contributed by atoms with Crippen LogP contribution in [-0.4, -0.2) is 63.9 Å². The summed E-state index contributed by atoms with van der Waals surface area (Å²) in [6, 6.07) is 4.93. The summed E-state index contributed by atoms with van der Waals surface area (Å²) in [4.78, 5) is 24.7. The van der Waals surface area contributed by atoms with E-state index in [4.69, 9.17) is 4.74 Å². The van der Waals surface area contributed by atoms with E-state index in [1.807, 2.05) is 4.90 Å². The molecular formula is C18H22N4O4S. The Hall–Kier alpha value is -2.68. The van der Waals surface area contributed by atoms with E-state index in [1.165, 1.54) is 13.2 Å². The van der Waals surface area contributed by atoms with Crippen molar-refractivity contribution in [3.63, 3.8) is 0 Å². The van der Waals surface area contributed by atoms with Crippen LogP contribution in [0.4, 0.5) is 11.6 Å². The fourth-order valence-corrected chi connectivity index (χ4v) is 4.05. The Morgan fingerprint density at radius 2 is 1.67 bits per heavy atom. The largest absolute Gasteiger partial charge is 0.465 e. The first-order valence-corrected chi connectivity index (χ1v) is 10.4. The van der Waals surface area contributed by atoms with Gasteiger partial charge in [0.15, 0.2) is 9.84 Å². The lowest BCUT2D eigenvalue weighted by atomic mass is 10.1. The lowest BCUT2D eigenvalue weighted by molar-refractivity contribution is 0.0599. The molecule has 0 bridgehead atoms. The van der Waals surface area contributed by atoms with E-state index >= 15 is 0 Å². The summed E-state index contributed by atoms with van der Waals surface area (Å²) in [5.74, 6) is 0.118. The summed E-state index contributed by atoms with van der Waals surface area (Å²) in [6.45, 7) is 4.36. The van der Waals surface area contributed by atoms with Crippen molar-refractivity contribution in [3.05, 3.63) is 41.7 Å². The van der Waals surface area contributed by atoms with Gasteiger partial charge in [-0.15, -0.1) is 0 Å². The average Bonchev–Trinajstić information content (AvgIpc) is 2.67. The lowest BCUT2D eigenvalue weighted by Gasteiger charge is -2.37. The number of methoxy groups -OCH3 is 1.